The van der Waals surface area contributed by atoms with Gasteiger partial charge in [0.05, 0.1) is 0 Å². The molecule has 74 valence electrons. The fourth-order valence-electron chi connectivity index (χ4n) is 2.27. The Bertz CT molecular complexity index is 378. The topological polar surface area (TPSA) is 17.1 Å². The van der Waals surface area contributed by atoms with Gasteiger partial charge in [0.1, 0.15) is 0 Å². The Kier molecular flexibility index (Phi) is 1.99. The molecule has 0 heterocycles. The van der Waals surface area contributed by atoms with Crippen LogP contribution in [0.4, 0.5) is 0 Å². The molecule has 0 spiro atoms. The lowest BCUT2D eigenvalue weighted by atomic mass is 9.90. The highest BCUT2D eigenvalue weighted by atomic mass is 16.1. The predicted octanol–water partition coefficient (Wildman–Crippen LogP) is 3.19. The van der Waals surface area contributed by atoms with Gasteiger partial charge in [0.25, 0.3) is 0 Å². The van der Waals surface area contributed by atoms with Crippen molar-refractivity contribution < 1.29 is 4.79 Å². The van der Waals surface area contributed by atoms with E-state index in [2.05, 4.69) is 32.9 Å². The van der Waals surface area contributed by atoms with Crippen LogP contribution in [0.25, 0.3) is 0 Å². The molecule has 1 heteroatoms. The quantitative estimate of drug-likeness (QED) is 0.570. The Balaban J connectivity index is 2.51. The number of ketones is 1. The number of rotatable bonds is 0. The molecule has 0 aromatic carbocycles. The second-order valence-corrected chi connectivity index (χ2v) is 4.80. The van der Waals surface area contributed by atoms with Crippen molar-refractivity contribution in [3.8, 4) is 0 Å². The zero-order valence-corrected chi connectivity index (χ0v) is 9.05. The zero-order valence-electron chi connectivity index (χ0n) is 9.05. The van der Waals surface area contributed by atoms with Gasteiger partial charge in [0.2, 0.25) is 0 Å². The second-order valence-electron chi connectivity index (χ2n) is 4.80. The van der Waals surface area contributed by atoms with Crippen LogP contribution in [0.1, 0.15) is 33.6 Å². The average molecular weight is 188 g/mol. The monoisotopic (exact) mass is 188 g/mol. The lowest BCUT2D eigenvalue weighted by Crippen LogP contribution is -2.03. The van der Waals surface area contributed by atoms with Crippen LogP contribution in [-0.2, 0) is 4.79 Å². The van der Waals surface area contributed by atoms with Crippen LogP contribution in [0.15, 0.2) is 34.9 Å². The molecule has 0 saturated heterocycles. The molecule has 0 aliphatic heterocycles. The molecule has 2 aliphatic rings. The molecule has 0 fully saturated rings. The molecule has 0 bridgehead atoms. The van der Waals surface area contributed by atoms with Crippen molar-refractivity contribution in [3.05, 3.63) is 34.9 Å². The minimum atomic E-state index is 0.0781. The first-order valence-corrected chi connectivity index (χ1v) is 5.15. The minimum absolute atomic E-state index is 0.0781. The third-order valence-electron chi connectivity index (χ3n) is 2.97. The molecule has 0 saturated carbocycles. The highest BCUT2D eigenvalue weighted by Crippen LogP contribution is 2.36. The highest BCUT2D eigenvalue weighted by Gasteiger charge is 2.25. The lowest BCUT2D eigenvalue weighted by Gasteiger charge is -2.15. The molecule has 1 nitrogen and oxygen atoms in total. The summed E-state index contributed by atoms with van der Waals surface area (Å²) >= 11 is 0. The van der Waals surface area contributed by atoms with Gasteiger partial charge in [-0.15, -0.1) is 0 Å². The highest BCUT2D eigenvalue weighted by molar-refractivity contribution is 6.02. The summed E-state index contributed by atoms with van der Waals surface area (Å²) < 4.78 is 0. The third-order valence-corrected chi connectivity index (χ3v) is 2.97. The van der Waals surface area contributed by atoms with E-state index < -0.39 is 0 Å². The number of carbonyl (C=O) groups is 1. The first-order valence-electron chi connectivity index (χ1n) is 5.15. The average Bonchev–Trinajstić information content (AvgIpc) is 2.37. The molecule has 0 N–H and O–H groups in total. The summed E-state index contributed by atoms with van der Waals surface area (Å²) in [5.41, 5.74) is 3.57. The van der Waals surface area contributed by atoms with Gasteiger partial charge >= 0.3 is 0 Å². The molecule has 2 rings (SSSR count). The van der Waals surface area contributed by atoms with Crippen molar-refractivity contribution in [2.75, 3.05) is 0 Å². The molecule has 2 aliphatic carbocycles. The van der Waals surface area contributed by atoms with E-state index in [-0.39, 0.29) is 5.41 Å². The standard InChI is InChI=1S/C13H16O/c1-9-8-13(2,3)7-6-11-10(9)4-5-12(11)14/h6-8H,4-5H2,1-3H3. The largest absolute Gasteiger partial charge is 0.294 e. The summed E-state index contributed by atoms with van der Waals surface area (Å²) in [6, 6.07) is 0. The molecular weight excluding hydrogens is 172 g/mol. The van der Waals surface area contributed by atoms with Gasteiger partial charge in [-0.1, -0.05) is 37.6 Å². The number of carbonyl (C=O) groups excluding carboxylic acids is 1. The fourth-order valence-corrected chi connectivity index (χ4v) is 2.27. The second kappa shape index (κ2) is 2.94. The molecule has 14 heavy (non-hydrogen) atoms. The summed E-state index contributed by atoms with van der Waals surface area (Å²) in [7, 11) is 0. The third kappa shape index (κ3) is 1.47. The van der Waals surface area contributed by atoms with Crippen LogP contribution < -0.4 is 0 Å². The van der Waals surface area contributed by atoms with E-state index in [9.17, 15) is 4.79 Å². The van der Waals surface area contributed by atoms with Gasteiger partial charge in [-0.25, -0.2) is 0 Å². The maximum Gasteiger partial charge on any atom is 0.163 e. The summed E-state index contributed by atoms with van der Waals surface area (Å²) in [4.78, 5) is 11.6. The maximum atomic E-state index is 11.6. The molecule has 0 atom stereocenters. The Labute approximate surface area is 85.2 Å². The first kappa shape index (κ1) is 9.45. The van der Waals surface area contributed by atoms with Crippen LogP contribution in [0.2, 0.25) is 0 Å². The molecule has 0 aromatic rings. The van der Waals surface area contributed by atoms with E-state index in [0.29, 0.717) is 12.2 Å². The maximum absolute atomic E-state index is 11.6. The summed E-state index contributed by atoms with van der Waals surface area (Å²) in [5, 5.41) is 0. The van der Waals surface area contributed by atoms with Crippen molar-refractivity contribution >= 4 is 5.78 Å². The molecular formula is C13H16O. The molecule has 0 unspecified atom stereocenters. The van der Waals surface area contributed by atoms with Crippen molar-refractivity contribution in [1.29, 1.82) is 0 Å². The smallest absolute Gasteiger partial charge is 0.163 e. The lowest BCUT2D eigenvalue weighted by molar-refractivity contribution is -0.114. The van der Waals surface area contributed by atoms with Gasteiger partial charge < -0.3 is 0 Å². The van der Waals surface area contributed by atoms with Gasteiger partial charge in [-0.2, -0.15) is 0 Å². The van der Waals surface area contributed by atoms with Crippen molar-refractivity contribution in [3.63, 3.8) is 0 Å². The Hall–Kier alpha value is -1.11. The van der Waals surface area contributed by atoms with Crippen LogP contribution in [0.3, 0.4) is 0 Å². The van der Waals surface area contributed by atoms with Crippen molar-refractivity contribution in [2.45, 2.75) is 33.6 Å². The van der Waals surface area contributed by atoms with E-state index in [4.69, 9.17) is 0 Å². The zero-order chi connectivity index (χ0) is 10.3. The van der Waals surface area contributed by atoms with Crippen molar-refractivity contribution in [2.24, 2.45) is 5.41 Å². The SMILES string of the molecule is CC1=CC(C)(C)C=CC2=C1CCC2=O. The molecule has 0 aromatic heterocycles. The normalized spacial score (nSPS) is 24.8. The summed E-state index contributed by atoms with van der Waals surface area (Å²) in [6.07, 6.45) is 8.02. The number of allylic oxidation sites excluding steroid dienone is 6. The summed E-state index contributed by atoms with van der Waals surface area (Å²) in [6.45, 7) is 6.45. The minimum Gasteiger partial charge on any atom is -0.294 e. The number of hydrogen-bond acceptors (Lipinski definition) is 1. The van der Waals surface area contributed by atoms with Crippen molar-refractivity contribution in [1.82, 2.24) is 0 Å². The van der Waals surface area contributed by atoms with Crippen LogP contribution in [-0.4, -0.2) is 5.78 Å². The van der Waals surface area contributed by atoms with E-state index >= 15 is 0 Å². The molecule has 0 radical (unpaired) electrons. The van der Waals surface area contributed by atoms with Crippen LogP contribution >= 0.6 is 0 Å². The van der Waals surface area contributed by atoms with E-state index in [0.717, 1.165) is 12.0 Å². The van der Waals surface area contributed by atoms with E-state index in [1.54, 1.807) is 0 Å². The van der Waals surface area contributed by atoms with E-state index in [1.807, 2.05) is 6.08 Å². The van der Waals surface area contributed by atoms with Crippen LogP contribution in [0, 0.1) is 5.41 Å². The molecule has 0 amide bonds. The Morgan fingerprint density at radius 3 is 2.71 bits per heavy atom. The summed E-state index contributed by atoms with van der Waals surface area (Å²) in [5.74, 6) is 0.307. The van der Waals surface area contributed by atoms with Gasteiger partial charge in [0.15, 0.2) is 5.78 Å². The number of hydrogen-bond donors (Lipinski definition) is 0. The first-order chi connectivity index (χ1) is 6.49. The Morgan fingerprint density at radius 1 is 1.29 bits per heavy atom. The van der Waals surface area contributed by atoms with E-state index in [1.165, 1.54) is 11.1 Å². The van der Waals surface area contributed by atoms with Crippen LogP contribution in [0.5, 0.6) is 0 Å². The Morgan fingerprint density at radius 2 is 2.00 bits per heavy atom. The van der Waals surface area contributed by atoms with Gasteiger partial charge in [-0.05, 0) is 18.9 Å². The predicted molar refractivity (Wildman–Crippen MR) is 57.9 cm³/mol. The van der Waals surface area contributed by atoms with Gasteiger partial charge in [0, 0.05) is 17.4 Å². The fraction of sp³-hybridized carbons (Fsp3) is 0.462. The van der Waals surface area contributed by atoms with Gasteiger partial charge in [-0.3, -0.25) is 4.79 Å². The number of Topliss-reactive ketones (excluding diaryl/α,β-unsaturated/α-hetero) is 1.